The SMILES string of the molecule is CC(C)(C)[C@H]1CCc2c(sc(NC(=O)COc3ccccc3Cl)c2C(N)=O)C1. The van der Waals surface area contributed by atoms with Crippen molar-refractivity contribution in [2.45, 2.75) is 40.0 Å². The lowest BCUT2D eigenvalue weighted by molar-refractivity contribution is -0.118. The Balaban J connectivity index is 1.75. The Morgan fingerprint density at radius 1 is 1.32 bits per heavy atom. The van der Waals surface area contributed by atoms with Crippen LogP contribution in [0.3, 0.4) is 0 Å². The van der Waals surface area contributed by atoms with Gasteiger partial charge in [0.05, 0.1) is 10.6 Å². The van der Waals surface area contributed by atoms with Gasteiger partial charge in [0, 0.05) is 4.88 Å². The van der Waals surface area contributed by atoms with Crippen LogP contribution in [0.4, 0.5) is 5.00 Å². The maximum absolute atomic E-state index is 12.4. The molecule has 0 saturated heterocycles. The Hall–Kier alpha value is -2.05. The largest absolute Gasteiger partial charge is 0.482 e. The molecule has 1 atom stereocenters. The molecule has 0 bridgehead atoms. The number of hydrogen-bond acceptors (Lipinski definition) is 4. The summed E-state index contributed by atoms with van der Waals surface area (Å²) in [4.78, 5) is 25.6. The lowest BCUT2D eigenvalue weighted by Crippen LogP contribution is -2.27. The van der Waals surface area contributed by atoms with Gasteiger partial charge in [-0.25, -0.2) is 0 Å². The summed E-state index contributed by atoms with van der Waals surface area (Å²) < 4.78 is 5.48. The number of primary amides is 1. The Morgan fingerprint density at radius 3 is 2.68 bits per heavy atom. The van der Waals surface area contributed by atoms with E-state index < -0.39 is 5.91 Å². The molecule has 0 unspecified atom stereocenters. The molecule has 0 saturated carbocycles. The number of ether oxygens (including phenoxy) is 1. The molecule has 1 aromatic heterocycles. The predicted octanol–water partition coefficient (Wildman–Crippen LogP) is 4.67. The van der Waals surface area contributed by atoms with E-state index >= 15 is 0 Å². The van der Waals surface area contributed by atoms with E-state index in [2.05, 4.69) is 26.1 Å². The first kappa shape index (κ1) is 20.7. The van der Waals surface area contributed by atoms with E-state index in [0.29, 0.717) is 27.3 Å². The topological polar surface area (TPSA) is 81.4 Å². The van der Waals surface area contributed by atoms with Crippen molar-refractivity contribution in [1.82, 2.24) is 0 Å². The van der Waals surface area contributed by atoms with Gasteiger partial charge in [-0.15, -0.1) is 11.3 Å². The molecule has 2 aromatic rings. The van der Waals surface area contributed by atoms with Gasteiger partial charge in [0.1, 0.15) is 10.8 Å². The third kappa shape index (κ3) is 4.50. The number of para-hydroxylation sites is 1. The van der Waals surface area contributed by atoms with E-state index in [9.17, 15) is 9.59 Å². The molecule has 7 heteroatoms. The van der Waals surface area contributed by atoms with Crippen molar-refractivity contribution in [3.05, 3.63) is 45.3 Å². The Kier molecular flexibility index (Phi) is 6.01. The Bertz CT molecular complexity index is 902. The van der Waals surface area contributed by atoms with Crippen molar-refractivity contribution in [2.24, 2.45) is 17.1 Å². The second kappa shape index (κ2) is 8.13. The number of thiophene rings is 1. The number of hydrogen-bond donors (Lipinski definition) is 2. The van der Waals surface area contributed by atoms with Gasteiger partial charge in [0.25, 0.3) is 11.8 Å². The molecule has 1 aromatic carbocycles. The van der Waals surface area contributed by atoms with E-state index in [4.69, 9.17) is 22.1 Å². The van der Waals surface area contributed by atoms with Crippen molar-refractivity contribution >= 4 is 39.8 Å². The summed E-state index contributed by atoms with van der Waals surface area (Å²) in [6.07, 6.45) is 2.71. The normalized spacial score (nSPS) is 16.4. The summed E-state index contributed by atoms with van der Waals surface area (Å²) >= 11 is 7.49. The van der Waals surface area contributed by atoms with Gasteiger partial charge < -0.3 is 15.8 Å². The van der Waals surface area contributed by atoms with Gasteiger partial charge in [-0.2, -0.15) is 0 Å². The first-order chi connectivity index (χ1) is 13.2. The van der Waals surface area contributed by atoms with Crippen LogP contribution < -0.4 is 15.8 Å². The minimum Gasteiger partial charge on any atom is -0.482 e. The molecule has 1 aliphatic carbocycles. The first-order valence-electron chi connectivity index (χ1n) is 9.28. The minimum atomic E-state index is -0.506. The zero-order chi connectivity index (χ0) is 20.5. The Morgan fingerprint density at radius 2 is 2.04 bits per heavy atom. The molecule has 1 heterocycles. The van der Waals surface area contributed by atoms with Crippen LogP contribution in [0.15, 0.2) is 24.3 Å². The van der Waals surface area contributed by atoms with Gasteiger partial charge in [-0.05, 0) is 48.3 Å². The standard InChI is InChI=1S/C21H25ClN2O3S/c1-21(2,3)12-8-9-13-16(10-12)28-20(18(13)19(23)26)24-17(25)11-27-15-7-5-4-6-14(15)22/h4-7,12H,8-11H2,1-3H3,(H2,23,26)(H,24,25)/t12-/m0/s1. The van der Waals surface area contributed by atoms with E-state index in [0.717, 1.165) is 29.7 Å². The molecule has 0 aliphatic heterocycles. The molecule has 3 N–H and O–H groups in total. The zero-order valence-corrected chi connectivity index (χ0v) is 17.9. The number of halogens is 1. The molecule has 28 heavy (non-hydrogen) atoms. The van der Waals surface area contributed by atoms with Crippen molar-refractivity contribution in [1.29, 1.82) is 0 Å². The highest BCUT2D eigenvalue weighted by Crippen LogP contribution is 2.44. The number of carbonyl (C=O) groups is 2. The molecule has 1 aliphatic rings. The number of fused-ring (bicyclic) bond motifs is 1. The van der Waals surface area contributed by atoms with Crippen LogP contribution >= 0.6 is 22.9 Å². The smallest absolute Gasteiger partial charge is 0.262 e. The van der Waals surface area contributed by atoms with Crippen molar-refractivity contribution in [3.63, 3.8) is 0 Å². The van der Waals surface area contributed by atoms with Gasteiger partial charge in [-0.1, -0.05) is 44.5 Å². The van der Waals surface area contributed by atoms with Crippen LogP contribution in [0.5, 0.6) is 5.75 Å². The molecule has 0 fully saturated rings. The van der Waals surface area contributed by atoms with Crippen LogP contribution in [0, 0.1) is 11.3 Å². The summed E-state index contributed by atoms with van der Waals surface area (Å²) in [5.41, 5.74) is 7.26. The number of carbonyl (C=O) groups excluding carboxylic acids is 2. The Labute approximate surface area is 174 Å². The molecule has 150 valence electrons. The fraction of sp³-hybridized carbons (Fsp3) is 0.429. The molecule has 2 amide bonds. The van der Waals surface area contributed by atoms with Crippen molar-refractivity contribution in [3.8, 4) is 5.75 Å². The number of anilines is 1. The quantitative estimate of drug-likeness (QED) is 0.737. The van der Waals surface area contributed by atoms with Gasteiger partial charge >= 0.3 is 0 Å². The number of amides is 2. The van der Waals surface area contributed by atoms with Crippen LogP contribution in [0.2, 0.25) is 5.02 Å². The summed E-state index contributed by atoms with van der Waals surface area (Å²) in [7, 11) is 0. The minimum absolute atomic E-state index is 0.195. The molecular weight excluding hydrogens is 396 g/mol. The molecule has 0 radical (unpaired) electrons. The van der Waals surface area contributed by atoms with Crippen LogP contribution in [-0.4, -0.2) is 18.4 Å². The average molecular weight is 421 g/mol. The van der Waals surface area contributed by atoms with Gasteiger partial charge in [-0.3, -0.25) is 9.59 Å². The summed E-state index contributed by atoms with van der Waals surface area (Å²) in [5, 5.41) is 3.75. The lowest BCUT2D eigenvalue weighted by atomic mass is 9.72. The highest BCUT2D eigenvalue weighted by atomic mass is 35.5. The van der Waals surface area contributed by atoms with E-state index in [-0.39, 0.29) is 17.9 Å². The third-order valence-corrected chi connectivity index (χ3v) is 6.67. The number of nitrogens with two attached hydrogens (primary N) is 1. The number of rotatable bonds is 5. The van der Waals surface area contributed by atoms with Gasteiger partial charge in [0.15, 0.2) is 6.61 Å². The van der Waals surface area contributed by atoms with Gasteiger partial charge in [0.2, 0.25) is 0 Å². The summed E-state index contributed by atoms with van der Waals surface area (Å²) in [6.45, 7) is 6.51. The van der Waals surface area contributed by atoms with Crippen LogP contribution in [0.25, 0.3) is 0 Å². The van der Waals surface area contributed by atoms with E-state index in [1.54, 1.807) is 24.3 Å². The van der Waals surface area contributed by atoms with Crippen molar-refractivity contribution in [2.75, 3.05) is 11.9 Å². The highest BCUT2D eigenvalue weighted by molar-refractivity contribution is 7.17. The fourth-order valence-corrected chi connectivity index (χ4v) is 5.08. The monoisotopic (exact) mass is 420 g/mol. The first-order valence-corrected chi connectivity index (χ1v) is 10.5. The second-order valence-electron chi connectivity index (χ2n) is 8.15. The maximum Gasteiger partial charge on any atom is 0.262 e. The van der Waals surface area contributed by atoms with E-state index in [1.807, 2.05) is 0 Å². The zero-order valence-electron chi connectivity index (χ0n) is 16.3. The third-order valence-electron chi connectivity index (χ3n) is 5.18. The fourth-order valence-electron chi connectivity index (χ4n) is 3.54. The maximum atomic E-state index is 12.4. The molecular formula is C21H25ClN2O3S. The molecule has 5 nitrogen and oxygen atoms in total. The number of nitrogens with one attached hydrogen (secondary N) is 1. The molecule has 3 rings (SSSR count). The summed E-state index contributed by atoms with van der Waals surface area (Å²) in [5.74, 6) is 0.113. The van der Waals surface area contributed by atoms with Crippen molar-refractivity contribution < 1.29 is 14.3 Å². The van der Waals surface area contributed by atoms with Crippen LogP contribution in [-0.2, 0) is 17.6 Å². The average Bonchev–Trinajstić information content (AvgIpc) is 2.97. The summed E-state index contributed by atoms with van der Waals surface area (Å²) in [6, 6.07) is 6.96. The molecule has 0 spiro atoms. The van der Waals surface area contributed by atoms with E-state index in [1.165, 1.54) is 11.3 Å². The highest BCUT2D eigenvalue weighted by Gasteiger charge is 2.33. The second-order valence-corrected chi connectivity index (χ2v) is 9.66. The number of benzene rings is 1. The predicted molar refractivity (Wildman–Crippen MR) is 113 cm³/mol. The lowest BCUT2D eigenvalue weighted by Gasteiger charge is -2.33. The van der Waals surface area contributed by atoms with Crippen LogP contribution in [0.1, 0.15) is 48.0 Å².